The van der Waals surface area contributed by atoms with Crippen LogP contribution in [0.15, 0.2) is 12.7 Å². The van der Waals surface area contributed by atoms with Gasteiger partial charge in [0, 0.05) is 6.04 Å². The lowest BCUT2D eigenvalue weighted by Gasteiger charge is -2.38. The maximum absolute atomic E-state index is 11.1. The van der Waals surface area contributed by atoms with Gasteiger partial charge in [-0.2, -0.15) is 0 Å². The molecule has 1 heterocycles. The summed E-state index contributed by atoms with van der Waals surface area (Å²) in [6.07, 6.45) is 3.65. The highest BCUT2D eigenvalue weighted by atomic mass is 16.4. The summed E-state index contributed by atoms with van der Waals surface area (Å²) in [4.78, 5) is 13.1. The van der Waals surface area contributed by atoms with Gasteiger partial charge in [-0.1, -0.05) is 13.0 Å². The number of carboxylic acid groups (broad SMARTS) is 1. The van der Waals surface area contributed by atoms with Gasteiger partial charge in [0.15, 0.2) is 0 Å². The molecular weight excluding hydrogens is 178 g/mol. The second-order valence-corrected chi connectivity index (χ2v) is 4.20. The Labute approximate surface area is 85.4 Å². The summed E-state index contributed by atoms with van der Waals surface area (Å²) in [6, 6.07) is -0.171. The van der Waals surface area contributed by atoms with Crippen molar-refractivity contribution in [2.75, 3.05) is 6.54 Å². The van der Waals surface area contributed by atoms with Crippen LogP contribution in [0.2, 0.25) is 0 Å². The van der Waals surface area contributed by atoms with Crippen molar-refractivity contribution in [2.24, 2.45) is 5.92 Å². The third-order valence-corrected chi connectivity index (χ3v) is 3.06. The molecule has 0 aromatic rings. The van der Waals surface area contributed by atoms with E-state index in [2.05, 4.69) is 13.5 Å². The van der Waals surface area contributed by atoms with E-state index in [0.717, 1.165) is 19.4 Å². The third-order valence-electron chi connectivity index (χ3n) is 3.06. The minimum Gasteiger partial charge on any atom is -0.480 e. The van der Waals surface area contributed by atoms with Gasteiger partial charge >= 0.3 is 5.97 Å². The van der Waals surface area contributed by atoms with E-state index in [1.807, 2.05) is 17.9 Å². The average molecular weight is 197 g/mol. The first-order valence-electron chi connectivity index (χ1n) is 5.17. The molecule has 0 saturated carbocycles. The first-order chi connectivity index (χ1) is 6.56. The summed E-state index contributed by atoms with van der Waals surface area (Å²) in [5.74, 6) is -0.186. The van der Waals surface area contributed by atoms with Crippen molar-refractivity contribution in [1.82, 2.24) is 4.90 Å². The molecule has 0 aliphatic carbocycles. The number of hydrogen-bond donors (Lipinski definition) is 1. The van der Waals surface area contributed by atoms with E-state index in [9.17, 15) is 4.79 Å². The van der Waals surface area contributed by atoms with Crippen LogP contribution in [0.3, 0.4) is 0 Å². The minimum atomic E-state index is -0.703. The Morgan fingerprint density at radius 2 is 2.36 bits per heavy atom. The summed E-state index contributed by atoms with van der Waals surface area (Å²) in [7, 11) is 0. The fourth-order valence-corrected chi connectivity index (χ4v) is 2.03. The van der Waals surface area contributed by atoms with E-state index in [1.54, 1.807) is 0 Å². The van der Waals surface area contributed by atoms with Crippen LogP contribution in [-0.4, -0.2) is 34.6 Å². The number of likely N-dealkylation sites (tertiary alicyclic amines) is 1. The van der Waals surface area contributed by atoms with Crippen LogP contribution < -0.4 is 0 Å². The van der Waals surface area contributed by atoms with E-state index >= 15 is 0 Å². The Morgan fingerprint density at radius 1 is 1.71 bits per heavy atom. The van der Waals surface area contributed by atoms with Crippen LogP contribution in [0, 0.1) is 5.92 Å². The van der Waals surface area contributed by atoms with Crippen molar-refractivity contribution in [1.29, 1.82) is 0 Å². The van der Waals surface area contributed by atoms with Crippen molar-refractivity contribution >= 4 is 5.97 Å². The number of carboxylic acids is 1. The Balaban J connectivity index is 2.71. The Bertz CT molecular complexity index is 227. The summed E-state index contributed by atoms with van der Waals surface area (Å²) >= 11 is 0. The van der Waals surface area contributed by atoms with Crippen LogP contribution in [0.4, 0.5) is 0 Å². The molecule has 1 saturated heterocycles. The number of piperidine rings is 1. The van der Waals surface area contributed by atoms with Crippen LogP contribution in [-0.2, 0) is 4.79 Å². The van der Waals surface area contributed by atoms with Crippen molar-refractivity contribution in [3.8, 4) is 0 Å². The standard InChI is InChI=1S/C11H19NO2/c1-4-9(3)12-6-5-8(2)7-10(12)11(13)14/h4,8-10H,1,5-7H2,2-3H3,(H,13,14). The molecule has 3 unspecified atom stereocenters. The Kier molecular flexibility index (Phi) is 3.69. The molecule has 1 aliphatic rings. The number of hydrogen-bond acceptors (Lipinski definition) is 2. The second-order valence-electron chi connectivity index (χ2n) is 4.20. The molecule has 0 bridgehead atoms. The zero-order valence-corrected chi connectivity index (χ0v) is 8.94. The summed E-state index contributed by atoms with van der Waals surface area (Å²) in [6.45, 7) is 8.70. The van der Waals surface area contributed by atoms with E-state index in [-0.39, 0.29) is 12.1 Å². The highest BCUT2D eigenvalue weighted by molar-refractivity contribution is 5.73. The van der Waals surface area contributed by atoms with Crippen LogP contribution >= 0.6 is 0 Å². The molecule has 0 radical (unpaired) electrons. The molecule has 0 amide bonds. The normalized spacial score (nSPS) is 31.0. The molecule has 1 rings (SSSR count). The molecule has 1 N–H and O–H groups in total. The zero-order chi connectivity index (χ0) is 10.7. The fraction of sp³-hybridized carbons (Fsp3) is 0.727. The zero-order valence-electron chi connectivity index (χ0n) is 8.94. The predicted molar refractivity (Wildman–Crippen MR) is 56.2 cm³/mol. The highest BCUT2D eigenvalue weighted by Crippen LogP contribution is 2.24. The summed E-state index contributed by atoms with van der Waals surface area (Å²) in [5, 5.41) is 9.09. The topological polar surface area (TPSA) is 40.5 Å². The molecular formula is C11H19NO2. The predicted octanol–water partition coefficient (Wildman–Crippen LogP) is 1.75. The van der Waals surface area contributed by atoms with E-state index in [4.69, 9.17) is 5.11 Å². The lowest BCUT2D eigenvalue weighted by molar-refractivity contribution is -0.146. The lowest BCUT2D eigenvalue weighted by Crippen LogP contribution is -2.50. The van der Waals surface area contributed by atoms with Gasteiger partial charge in [0.2, 0.25) is 0 Å². The van der Waals surface area contributed by atoms with Crippen LogP contribution in [0.5, 0.6) is 0 Å². The molecule has 0 spiro atoms. The smallest absolute Gasteiger partial charge is 0.320 e. The van der Waals surface area contributed by atoms with Gasteiger partial charge in [-0.25, -0.2) is 0 Å². The maximum atomic E-state index is 11.1. The molecule has 1 aliphatic heterocycles. The quantitative estimate of drug-likeness (QED) is 0.701. The maximum Gasteiger partial charge on any atom is 0.320 e. The molecule has 14 heavy (non-hydrogen) atoms. The number of rotatable bonds is 3. The van der Waals surface area contributed by atoms with Crippen LogP contribution in [0.25, 0.3) is 0 Å². The molecule has 3 heteroatoms. The van der Waals surface area contributed by atoms with Crippen LogP contribution in [0.1, 0.15) is 26.7 Å². The summed E-state index contributed by atoms with van der Waals surface area (Å²) in [5.41, 5.74) is 0. The van der Waals surface area contributed by atoms with Crippen molar-refractivity contribution in [2.45, 2.75) is 38.8 Å². The van der Waals surface area contributed by atoms with Gasteiger partial charge in [0.1, 0.15) is 6.04 Å². The van der Waals surface area contributed by atoms with Gasteiger partial charge in [-0.3, -0.25) is 9.69 Å². The first-order valence-corrected chi connectivity index (χ1v) is 5.17. The number of carbonyl (C=O) groups is 1. The number of nitrogens with zero attached hydrogens (tertiary/aromatic N) is 1. The lowest BCUT2D eigenvalue weighted by atomic mass is 9.91. The minimum absolute atomic E-state index is 0.156. The van der Waals surface area contributed by atoms with Crippen molar-refractivity contribution in [3.05, 3.63) is 12.7 Å². The fourth-order valence-electron chi connectivity index (χ4n) is 2.03. The van der Waals surface area contributed by atoms with E-state index < -0.39 is 5.97 Å². The number of aliphatic carboxylic acids is 1. The SMILES string of the molecule is C=CC(C)N1CCC(C)CC1C(=O)O. The van der Waals surface area contributed by atoms with Crippen molar-refractivity contribution in [3.63, 3.8) is 0 Å². The van der Waals surface area contributed by atoms with Gasteiger partial charge in [0.25, 0.3) is 0 Å². The Morgan fingerprint density at radius 3 is 2.86 bits per heavy atom. The monoisotopic (exact) mass is 197 g/mol. The highest BCUT2D eigenvalue weighted by Gasteiger charge is 2.33. The molecule has 0 aromatic carbocycles. The third kappa shape index (κ3) is 2.35. The molecule has 80 valence electrons. The van der Waals surface area contributed by atoms with Gasteiger partial charge in [-0.05, 0) is 32.2 Å². The van der Waals surface area contributed by atoms with Crippen molar-refractivity contribution < 1.29 is 9.90 Å². The average Bonchev–Trinajstić information content (AvgIpc) is 2.16. The molecule has 3 atom stereocenters. The summed E-state index contributed by atoms with van der Waals surface area (Å²) < 4.78 is 0. The molecule has 1 fully saturated rings. The van der Waals surface area contributed by atoms with Gasteiger partial charge in [0.05, 0.1) is 0 Å². The Hall–Kier alpha value is -0.830. The largest absolute Gasteiger partial charge is 0.480 e. The van der Waals surface area contributed by atoms with Gasteiger partial charge in [-0.15, -0.1) is 6.58 Å². The van der Waals surface area contributed by atoms with Gasteiger partial charge < -0.3 is 5.11 Å². The molecule has 3 nitrogen and oxygen atoms in total. The first kappa shape index (κ1) is 11.2. The van der Waals surface area contributed by atoms with E-state index in [0.29, 0.717) is 5.92 Å². The second kappa shape index (κ2) is 4.60. The molecule has 0 aromatic heterocycles. The van der Waals surface area contributed by atoms with E-state index in [1.165, 1.54) is 0 Å².